The third-order valence-corrected chi connectivity index (χ3v) is 5.09. The van der Waals surface area contributed by atoms with Crippen molar-refractivity contribution in [3.63, 3.8) is 0 Å². The first-order valence-electron chi connectivity index (χ1n) is 6.73. The summed E-state index contributed by atoms with van der Waals surface area (Å²) >= 11 is 3.28. The van der Waals surface area contributed by atoms with Crippen molar-refractivity contribution in [3.8, 4) is 0 Å². The van der Waals surface area contributed by atoms with Crippen LogP contribution < -0.4 is 10.3 Å². The summed E-state index contributed by atoms with van der Waals surface area (Å²) < 4.78 is 25.1. The highest BCUT2D eigenvalue weighted by molar-refractivity contribution is 9.10. The molecule has 0 aliphatic carbocycles. The van der Waals surface area contributed by atoms with Crippen LogP contribution in [0.15, 0.2) is 58.0 Å². The predicted octanol–water partition coefficient (Wildman–Crippen LogP) is 3.01. The Kier molecular flexibility index (Phi) is 4.29. The lowest BCUT2D eigenvalue weighted by molar-refractivity contribution is 0.587. The molecule has 2 N–H and O–H groups in total. The van der Waals surface area contributed by atoms with Crippen molar-refractivity contribution in [2.75, 3.05) is 5.43 Å². The summed E-state index contributed by atoms with van der Waals surface area (Å²) in [5.74, 6) is 0. The fourth-order valence-electron chi connectivity index (χ4n) is 2.04. The quantitative estimate of drug-likeness (QED) is 0.666. The van der Waals surface area contributed by atoms with Crippen LogP contribution in [0.5, 0.6) is 0 Å². The molecule has 6 nitrogen and oxygen atoms in total. The van der Waals surface area contributed by atoms with E-state index in [2.05, 4.69) is 36.4 Å². The number of anilines is 1. The lowest BCUT2D eigenvalue weighted by Gasteiger charge is -2.12. The van der Waals surface area contributed by atoms with Crippen molar-refractivity contribution in [1.82, 2.24) is 15.0 Å². The number of fused-ring (bicyclic) bond motifs is 1. The Morgan fingerprint density at radius 1 is 1.00 bits per heavy atom. The normalized spacial score (nSPS) is 11.6. The van der Waals surface area contributed by atoms with Gasteiger partial charge in [0, 0.05) is 5.39 Å². The lowest BCUT2D eigenvalue weighted by atomic mass is 10.2. The highest BCUT2D eigenvalue weighted by atomic mass is 79.9. The molecule has 0 saturated heterocycles. The van der Waals surface area contributed by atoms with E-state index in [-0.39, 0.29) is 4.90 Å². The Hall–Kier alpha value is -2.03. The largest absolute Gasteiger partial charge is 0.305 e. The van der Waals surface area contributed by atoms with Crippen LogP contribution in [-0.4, -0.2) is 18.6 Å². The van der Waals surface area contributed by atoms with E-state index in [9.17, 15) is 8.42 Å². The minimum absolute atomic E-state index is 0.179. The van der Waals surface area contributed by atoms with Crippen molar-refractivity contribution >= 4 is 42.5 Å². The predicted molar refractivity (Wildman–Crippen MR) is 92.4 cm³/mol. The summed E-state index contributed by atoms with van der Waals surface area (Å²) in [5.41, 5.74) is 4.88. The molecule has 1 aromatic heterocycles. The van der Waals surface area contributed by atoms with E-state index in [0.29, 0.717) is 15.8 Å². The molecule has 0 unspecified atom stereocenters. The number of hydrogen-bond acceptors (Lipinski definition) is 5. The van der Waals surface area contributed by atoms with Crippen LogP contribution in [0.1, 0.15) is 5.56 Å². The first-order valence-corrected chi connectivity index (χ1v) is 9.00. The van der Waals surface area contributed by atoms with Gasteiger partial charge in [0.25, 0.3) is 10.0 Å². The molecule has 0 saturated carbocycles. The third-order valence-electron chi connectivity index (χ3n) is 3.27. The molecule has 0 bridgehead atoms. The molecule has 1 heterocycles. The zero-order valence-corrected chi connectivity index (χ0v) is 14.5. The standard InChI is InChI=1S/C15H13BrN4O2S/c1-10-6-8-11(9-7-10)23(21,22)20-18-14-12-4-2-3-5-13(12)17-19-15(14)16/h2-9,20H,1H3,(H,17,18). The Balaban J connectivity index is 1.91. The number of halogens is 1. The van der Waals surface area contributed by atoms with E-state index >= 15 is 0 Å². The lowest BCUT2D eigenvalue weighted by Crippen LogP contribution is -2.30. The van der Waals surface area contributed by atoms with Crippen LogP contribution in [0.3, 0.4) is 0 Å². The molecular formula is C15H13BrN4O2S. The van der Waals surface area contributed by atoms with Gasteiger partial charge >= 0.3 is 0 Å². The Morgan fingerprint density at radius 3 is 2.43 bits per heavy atom. The van der Waals surface area contributed by atoms with Gasteiger partial charge < -0.3 is 5.43 Å². The molecule has 0 amide bonds. The van der Waals surface area contributed by atoms with E-state index in [1.807, 2.05) is 25.1 Å². The topological polar surface area (TPSA) is 84.0 Å². The van der Waals surface area contributed by atoms with E-state index in [4.69, 9.17) is 0 Å². The molecule has 118 valence electrons. The number of nitrogens with one attached hydrogen (secondary N) is 2. The van der Waals surface area contributed by atoms with Gasteiger partial charge in [0.15, 0.2) is 4.60 Å². The van der Waals surface area contributed by atoms with Gasteiger partial charge in [-0.2, -0.15) is 0 Å². The van der Waals surface area contributed by atoms with Gasteiger partial charge in [0.1, 0.15) is 0 Å². The smallest absolute Gasteiger partial charge is 0.257 e. The zero-order valence-electron chi connectivity index (χ0n) is 12.1. The first-order chi connectivity index (χ1) is 11.0. The van der Waals surface area contributed by atoms with Crippen molar-refractivity contribution in [3.05, 3.63) is 58.7 Å². The van der Waals surface area contributed by atoms with Crippen LogP contribution in [0.2, 0.25) is 0 Å². The summed E-state index contributed by atoms with van der Waals surface area (Å²) in [6.07, 6.45) is 0. The summed E-state index contributed by atoms with van der Waals surface area (Å²) in [6, 6.07) is 13.9. The Morgan fingerprint density at radius 2 is 1.70 bits per heavy atom. The van der Waals surface area contributed by atoms with Crippen LogP contribution in [0, 0.1) is 6.92 Å². The number of rotatable bonds is 4. The van der Waals surface area contributed by atoms with Gasteiger partial charge in [-0.15, -0.1) is 15.0 Å². The van der Waals surface area contributed by atoms with Gasteiger partial charge in [0.05, 0.1) is 16.1 Å². The van der Waals surface area contributed by atoms with Gasteiger partial charge in [-0.3, -0.25) is 0 Å². The summed E-state index contributed by atoms with van der Waals surface area (Å²) in [6.45, 7) is 1.90. The molecule has 3 rings (SSSR count). The molecular weight excluding hydrogens is 380 g/mol. The molecule has 0 aliphatic rings. The van der Waals surface area contributed by atoms with Gasteiger partial charge in [0.2, 0.25) is 0 Å². The maximum absolute atomic E-state index is 12.3. The second kappa shape index (κ2) is 6.23. The summed E-state index contributed by atoms with van der Waals surface area (Å²) in [4.78, 5) is 2.55. The van der Waals surface area contributed by atoms with Gasteiger partial charge in [-0.25, -0.2) is 8.42 Å². The zero-order chi connectivity index (χ0) is 16.4. The van der Waals surface area contributed by atoms with Crippen LogP contribution >= 0.6 is 15.9 Å². The molecule has 23 heavy (non-hydrogen) atoms. The number of aryl methyl sites for hydroxylation is 1. The number of benzene rings is 2. The third kappa shape index (κ3) is 3.34. The van der Waals surface area contributed by atoms with Crippen LogP contribution in [-0.2, 0) is 10.0 Å². The van der Waals surface area contributed by atoms with E-state index < -0.39 is 10.0 Å². The molecule has 0 fully saturated rings. The van der Waals surface area contributed by atoms with Crippen LogP contribution in [0.25, 0.3) is 10.9 Å². The Bertz CT molecular complexity index is 959. The fraction of sp³-hybridized carbons (Fsp3) is 0.0667. The molecule has 0 atom stereocenters. The Labute approximate surface area is 142 Å². The molecule has 0 aliphatic heterocycles. The highest BCUT2D eigenvalue weighted by Gasteiger charge is 2.15. The maximum atomic E-state index is 12.3. The van der Waals surface area contributed by atoms with Crippen LogP contribution in [0.4, 0.5) is 5.69 Å². The monoisotopic (exact) mass is 392 g/mol. The number of sulfonamides is 1. The molecule has 0 spiro atoms. The van der Waals surface area contributed by atoms with Crippen molar-refractivity contribution in [2.24, 2.45) is 0 Å². The minimum Gasteiger partial charge on any atom is -0.305 e. The number of hydrazine groups is 1. The van der Waals surface area contributed by atoms with Crippen molar-refractivity contribution in [1.29, 1.82) is 0 Å². The summed E-state index contributed by atoms with van der Waals surface area (Å²) in [7, 11) is -3.69. The minimum atomic E-state index is -3.69. The number of hydrogen-bond donors (Lipinski definition) is 2. The highest BCUT2D eigenvalue weighted by Crippen LogP contribution is 2.27. The van der Waals surface area contributed by atoms with Gasteiger partial charge in [-0.1, -0.05) is 35.9 Å². The van der Waals surface area contributed by atoms with E-state index in [1.54, 1.807) is 30.3 Å². The average Bonchev–Trinajstić information content (AvgIpc) is 2.54. The van der Waals surface area contributed by atoms with E-state index in [1.165, 1.54) is 0 Å². The number of aromatic nitrogens is 2. The fourth-order valence-corrected chi connectivity index (χ4v) is 3.29. The van der Waals surface area contributed by atoms with Gasteiger partial charge in [-0.05, 0) is 41.1 Å². The summed E-state index contributed by atoms with van der Waals surface area (Å²) in [5, 5.41) is 8.75. The van der Waals surface area contributed by atoms with E-state index in [0.717, 1.165) is 10.9 Å². The average molecular weight is 393 g/mol. The first kappa shape index (κ1) is 15.9. The maximum Gasteiger partial charge on any atom is 0.257 e. The molecule has 0 radical (unpaired) electrons. The molecule has 3 aromatic rings. The second-order valence-electron chi connectivity index (χ2n) is 4.93. The van der Waals surface area contributed by atoms with Crippen molar-refractivity contribution < 1.29 is 8.42 Å². The number of nitrogens with zero attached hydrogens (tertiary/aromatic N) is 2. The molecule has 2 aromatic carbocycles. The molecule has 8 heteroatoms. The second-order valence-corrected chi connectivity index (χ2v) is 7.36. The SMILES string of the molecule is Cc1ccc(S(=O)(=O)NNc2c(Br)nnc3ccccc23)cc1. The van der Waals surface area contributed by atoms with Crippen molar-refractivity contribution in [2.45, 2.75) is 11.8 Å².